The number of amides is 1. The minimum Gasteiger partial charge on any atom is -0.363 e. The molecule has 1 heterocycles. The van der Waals surface area contributed by atoms with Crippen LogP contribution in [0.2, 0.25) is 5.02 Å². The molecule has 28 heavy (non-hydrogen) atoms. The van der Waals surface area contributed by atoms with Gasteiger partial charge in [-0.3, -0.25) is 14.9 Å². The molecular formula is C20H23ClN4O3. The van der Waals surface area contributed by atoms with E-state index in [0.717, 1.165) is 18.7 Å². The molecule has 0 radical (unpaired) electrons. The van der Waals surface area contributed by atoms with Crippen LogP contribution in [0.5, 0.6) is 0 Å². The molecule has 0 bridgehead atoms. The molecule has 0 saturated carbocycles. The summed E-state index contributed by atoms with van der Waals surface area (Å²) in [6.45, 7) is 4.97. The van der Waals surface area contributed by atoms with Crippen molar-refractivity contribution in [2.75, 3.05) is 38.1 Å². The lowest BCUT2D eigenvalue weighted by Gasteiger charge is -2.33. The van der Waals surface area contributed by atoms with Crippen molar-refractivity contribution < 1.29 is 9.72 Å². The molecule has 1 atom stereocenters. The Hall–Kier alpha value is -2.64. The lowest BCUT2D eigenvalue weighted by Crippen LogP contribution is -2.44. The number of rotatable bonds is 5. The Kier molecular flexibility index (Phi) is 6.16. The summed E-state index contributed by atoms with van der Waals surface area (Å²) in [5.74, 6) is -0.361. The Bertz CT molecular complexity index is 882. The van der Waals surface area contributed by atoms with E-state index in [1.54, 1.807) is 24.3 Å². The number of likely N-dealkylation sites (N-methyl/N-ethyl adjacent to an activating group) is 1. The number of anilines is 1. The van der Waals surface area contributed by atoms with Gasteiger partial charge in [0.1, 0.15) is 5.69 Å². The smallest absolute Gasteiger partial charge is 0.293 e. The van der Waals surface area contributed by atoms with Crippen LogP contribution in [0.3, 0.4) is 0 Å². The number of benzene rings is 2. The molecule has 2 aromatic carbocycles. The summed E-state index contributed by atoms with van der Waals surface area (Å²) in [6, 6.07) is 11.6. The Balaban J connectivity index is 1.79. The van der Waals surface area contributed by atoms with Gasteiger partial charge in [-0.15, -0.1) is 0 Å². The van der Waals surface area contributed by atoms with Crippen LogP contribution in [0.4, 0.5) is 11.4 Å². The quantitative estimate of drug-likeness (QED) is 0.611. The molecule has 148 valence electrons. The molecule has 1 aliphatic heterocycles. The summed E-state index contributed by atoms with van der Waals surface area (Å²) in [7, 11) is 2.03. The van der Waals surface area contributed by atoms with Gasteiger partial charge in [-0.1, -0.05) is 23.7 Å². The largest absolute Gasteiger partial charge is 0.363 e. The summed E-state index contributed by atoms with van der Waals surface area (Å²) in [6.07, 6.45) is 0. The van der Waals surface area contributed by atoms with Gasteiger partial charge in [0.05, 0.1) is 11.0 Å². The Morgan fingerprint density at radius 1 is 1.18 bits per heavy atom. The zero-order valence-corrected chi connectivity index (χ0v) is 16.6. The molecule has 2 aromatic rings. The minimum atomic E-state index is -0.426. The maximum atomic E-state index is 12.6. The van der Waals surface area contributed by atoms with E-state index >= 15 is 0 Å². The SMILES string of the molecule is C[C@H](NC(=O)c1ccc(N2CCN(C)CC2)c([N+](=O)[O-])c1)c1cccc(Cl)c1. The lowest BCUT2D eigenvalue weighted by atomic mass is 10.1. The summed E-state index contributed by atoms with van der Waals surface area (Å²) in [5.41, 5.74) is 1.63. The second-order valence-corrected chi connectivity index (χ2v) is 7.44. The molecule has 0 aromatic heterocycles. The fourth-order valence-corrected chi connectivity index (χ4v) is 3.46. The van der Waals surface area contributed by atoms with Gasteiger partial charge in [0, 0.05) is 42.8 Å². The molecule has 0 unspecified atom stereocenters. The molecule has 1 fully saturated rings. The third-order valence-electron chi connectivity index (χ3n) is 4.97. The molecular weight excluding hydrogens is 380 g/mol. The van der Waals surface area contributed by atoms with Crippen LogP contribution in [0, 0.1) is 10.1 Å². The van der Waals surface area contributed by atoms with E-state index in [0.29, 0.717) is 23.8 Å². The van der Waals surface area contributed by atoms with Crippen LogP contribution in [0.25, 0.3) is 0 Å². The first-order valence-electron chi connectivity index (χ1n) is 9.13. The van der Waals surface area contributed by atoms with Gasteiger partial charge in [0.25, 0.3) is 11.6 Å². The first-order valence-corrected chi connectivity index (χ1v) is 9.51. The van der Waals surface area contributed by atoms with E-state index in [-0.39, 0.29) is 23.2 Å². The highest BCUT2D eigenvalue weighted by atomic mass is 35.5. The number of carbonyl (C=O) groups excluding carboxylic acids is 1. The van der Waals surface area contributed by atoms with Gasteiger partial charge in [0.15, 0.2) is 0 Å². The molecule has 7 nitrogen and oxygen atoms in total. The predicted molar refractivity (Wildman–Crippen MR) is 110 cm³/mol. The summed E-state index contributed by atoms with van der Waals surface area (Å²) >= 11 is 6.00. The Morgan fingerprint density at radius 2 is 1.89 bits per heavy atom. The van der Waals surface area contributed by atoms with Crippen molar-refractivity contribution in [3.05, 3.63) is 68.7 Å². The van der Waals surface area contributed by atoms with Crippen LogP contribution in [-0.4, -0.2) is 49.0 Å². The van der Waals surface area contributed by atoms with Crippen LogP contribution < -0.4 is 10.2 Å². The topological polar surface area (TPSA) is 78.7 Å². The average Bonchev–Trinajstić information content (AvgIpc) is 2.68. The molecule has 1 saturated heterocycles. The highest BCUT2D eigenvalue weighted by Crippen LogP contribution is 2.30. The summed E-state index contributed by atoms with van der Waals surface area (Å²) in [4.78, 5) is 28.0. The number of nitrogens with one attached hydrogen (secondary N) is 1. The van der Waals surface area contributed by atoms with Crippen LogP contribution in [0.15, 0.2) is 42.5 Å². The van der Waals surface area contributed by atoms with Crippen LogP contribution >= 0.6 is 11.6 Å². The number of nitro benzene ring substituents is 1. The first-order chi connectivity index (χ1) is 13.3. The molecule has 1 amide bonds. The molecule has 1 N–H and O–H groups in total. The van der Waals surface area contributed by atoms with Crippen molar-refractivity contribution in [2.45, 2.75) is 13.0 Å². The predicted octanol–water partition coefficient (Wildman–Crippen LogP) is 3.49. The first kappa shape index (κ1) is 20.1. The van der Waals surface area contributed by atoms with Gasteiger partial charge >= 0.3 is 0 Å². The van der Waals surface area contributed by atoms with E-state index < -0.39 is 4.92 Å². The molecule has 3 rings (SSSR count). The Morgan fingerprint density at radius 3 is 2.54 bits per heavy atom. The van der Waals surface area contributed by atoms with Gasteiger partial charge in [-0.2, -0.15) is 0 Å². The second-order valence-electron chi connectivity index (χ2n) is 7.00. The van der Waals surface area contributed by atoms with Crippen molar-refractivity contribution in [1.29, 1.82) is 0 Å². The molecule has 8 heteroatoms. The highest BCUT2D eigenvalue weighted by Gasteiger charge is 2.24. The van der Waals surface area contributed by atoms with Crippen LogP contribution in [-0.2, 0) is 0 Å². The van der Waals surface area contributed by atoms with E-state index in [1.165, 1.54) is 6.07 Å². The average molecular weight is 403 g/mol. The summed E-state index contributed by atoms with van der Waals surface area (Å²) in [5, 5.41) is 15.1. The minimum absolute atomic E-state index is 0.0485. The molecule has 0 spiro atoms. The van der Waals surface area contributed by atoms with E-state index in [1.807, 2.05) is 31.0 Å². The van der Waals surface area contributed by atoms with Gasteiger partial charge in [0.2, 0.25) is 0 Å². The maximum absolute atomic E-state index is 12.6. The zero-order chi connectivity index (χ0) is 20.3. The van der Waals surface area contributed by atoms with E-state index in [9.17, 15) is 14.9 Å². The standard InChI is InChI=1S/C20H23ClN4O3/c1-14(15-4-3-5-17(21)12-15)22-20(26)16-6-7-18(19(13-16)25(27)28)24-10-8-23(2)9-11-24/h3-7,12-14H,8-11H2,1-2H3,(H,22,26)/t14-/m0/s1. The number of nitrogens with zero attached hydrogens (tertiary/aromatic N) is 3. The molecule has 0 aliphatic carbocycles. The van der Waals surface area contributed by atoms with E-state index in [2.05, 4.69) is 10.2 Å². The number of carbonyl (C=O) groups is 1. The fourth-order valence-electron chi connectivity index (χ4n) is 3.26. The number of hydrogen-bond donors (Lipinski definition) is 1. The van der Waals surface area contributed by atoms with Crippen molar-refractivity contribution in [2.24, 2.45) is 0 Å². The molecule has 1 aliphatic rings. The zero-order valence-electron chi connectivity index (χ0n) is 15.9. The van der Waals surface area contributed by atoms with Crippen molar-refractivity contribution in [1.82, 2.24) is 10.2 Å². The van der Waals surface area contributed by atoms with Crippen LogP contribution in [0.1, 0.15) is 28.9 Å². The number of piperazine rings is 1. The van der Waals surface area contributed by atoms with Gasteiger partial charge in [-0.05, 0) is 43.8 Å². The van der Waals surface area contributed by atoms with E-state index in [4.69, 9.17) is 11.6 Å². The highest BCUT2D eigenvalue weighted by molar-refractivity contribution is 6.30. The van der Waals surface area contributed by atoms with Gasteiger partial charge in [-0.25, -0.2) is 0 Å². The second kappa shape index (κ2) is 8.58. The van der Waals surface area contributed by atoms with Crippen molar-refractivity contribution in [3.8, 4) is 0 Å². The number of halogens is 1. The lowest BCUT2D eigenvalue weighted by molar-refractivity contribution is -0.384. The van der Waals surface area contributed by atoms with Crippen molar-refractivity contribution in [3.63, 3.8) is 0 Å². The maximum Gasteiger partial charge on any atom is 0.293 e. The Labute approximate surface area is 169 Å². The number of nitro groups is 1. The van der Waals surface area contributed by atoms with Gasteiger partial charge < -0.3 is 15.1 Å². The van der Waals surface area contributed by atoms with Crippen molar-refractivity contribution >= 4 is 28.9 Å². The third-order valence-corrected chi connectivity index (χ3v) is 5.21. The normalized spacial score (nSPS) is 15.9. The number of hydrogen-bond acceptors (Lipinski definition) is 5. The third kappa shape index (κ3) is 4.61. The summed E-state index contributed by atoms with van der Waals surface area (Å²) < 4.78 is 0. The fraction of sp³-hybridized carbons (Fsp3) is 0.350. The monoisotopic (exact) mass is 402 g/mol.